The molecule has 1 fully saturated rings. The third-order valence-electron chi connectivity index (χ3n) is 3.61. The number of hydrogen-bond acceptors (Lipinski definition) is 6. The minimum absolute atomic E-state index is 0.0717. The number of phenols is 1. The molecular formula is C16H22N2O6. The van der Waals surface area contributed by atoms with Crippen LogP contribution in [0.15, 0.2) is 24.3 Å². The number of ether oxygens (including phenoxy) is 2. The highest BCUT2D eigenvalue weighted by atomic mass is 16.5. The van der Waals surface area contributed by atoms with Crippen LogP contribution in [-0.4, -0.2) is 84.4 Å². The van der Waals surface area contributed by atoms with Crippen molar-refractivity contribution in [2.75, 3.05) is 46.4 Å². The van der Waals surface area contributed by atoms with Gasteiger partial charge in [0, 0.05) is 19.6 Å². The van der Waals surface area contributed by atoms with Crippen molar-refractivity contribution in [3.05, 3.63) is 24.3 Å². The predicted molar refractivity (Wildman–Crippen MR) is 85.1 cm³/mol. The summed E-state index contributed by atoms with van der Waals surface area (Å²) in [6.07, 6.45) is -0.222. The fourth-order valence-corrected chi connectivity index (χ4v) is 2.48. The maximum atomic E-state index is 12.2. The van der Waals surface area contributed by atoms with Crippen molar-refractivity contribution in [1.29, 1.82) is 0 Å². The van der Waals surface area contributed by atoms with Crippen molar-refractivity contribution < 1.29 is 29.3 Å². The molecule has 8 nitrogen and oxygen atoms in total. The van der Waals surface area contributed by atoms with Gasteiger partial charge >= 0.3 is 5.97 Å². The number of benzene rings is 1. The van der Waals surface area contributed by atoms with Crippen LogP contribution in [0.5, 0.6) is 11.5 Å². The number of aromatic hydroxyl groups is 1. The molecule has 1 heterocycles. The van der Waals surface area contributed by atoms with Crippen LogP contribution in [0.2, 0.25) is 0 Å². The smallest absolute Gasteiger partial charge is 0.317 e. The molecule has 1 aliphatic rings. The first-order valence-corrected chi connectivity index (χ1v) is 7.65. The van der Waals surface area contributed by atoms with E-state index in [1.807, 2.05) is 0 Å². The van der Waals surface area contributed by atoms with Gasteiger partial charge in [-0.25, -0.2) is 0 Å². The Balaban J connectivity index is 1.79. The minimum Gasteiger partial charge on any atom is -0.508 e. The van der Waals surface area contributed by atoms with Crippen LogP contribution in [0.25, 0.3) is 0 Å². The molecule has 0 radical (unpaired) electrons. The van der Waals surface area contributed by atoms with E-state index in [4.69, 9.17) is 14.6 Å². The lowest BCUT2D eigenvalue weighted by atomic mass is 10.2. The summed E-state index contributed by atoms with van der Waals surface area (Å²) in [7, 11) is 1.70. The summed E-state index contributed by atoms with van der Waals surface area (Å²) in [5, 5.41) is 18.0. The van der Waals surface area contributed by atoms with Crippen molar-refractivity contribution in [1.82, 2.24) is 9.80 Å². The van der Waals surface area contributed by atoms with Crippen LogP contribution in [0.4, 0.5) is 0 Å². The molecule has 1 atom stereocenters. The molecule has 1 unspecified atom stereocenters. The summed E-state index contributed by atoms with van der Waals surface area (Å²) in [5.74, 6) is -0.414. The van der Waals surface area contributed by atoms with Crippen molar-refractivity contribution in [3.63, 3.8) is 0 Å². The zero-order valence-corrected chi connectivity index (χ0v) is 13.6. The van der Waals surface area contributed by atoms with E-state index in [-0.39, 0.29) is 30.9 Å². The van der Waals surface area contributed by atoms with Crippen LogP contribution in [0.3, 0.4) is 0 Å². The lowest BCUT2D eigenvalue weighted by Crippen LogP contribution is -2.50. The zero-order chi connectivity index (χ0) is 17.5. The van der Waals surface area contributed by atoms with Gasteiger partial charge in [0.15, 0.2) is 6.61 Å². The van der Waals surface area contributed by atoms with Gasteiger partial charge in [-0.2, -0.15) is 0 Å². The van der Waals surface area contributed by atoms with E-state index in [1.54, 1.807) is 29.0 Å². The molecule has 132 valence electrons. The zero-order valence-electron chi connectivity index (χ0n) is 13.6. The van der Waals surface area contributed by atoms with Gasteiger partial charge in [-0.15, -0.1) is 0 Å². The molecule has 1 amide bonds. The molecule has 0 aliphatic carbocycles. The number of carboxylic acids is 1. The quantitative estimate of drug-likeness (QED) is 0.723. The van der Waals surface area contributed by atoms with Gasteiger partial charge in [-0.1, -0.05) is 0 Å². The van der Waals surface area contributed by atoms with Crippen molar-refractivity contribution in [2.24, 2.45) is 0 Å². The second-order valence-electron chi connectivity index (χ2n) is 5.71. The molecule has 8 heteroatoms. The summed E-state index contributed by atoms with van der Waals surface area (Å²) in [6, 6.07) is 6.16. The number of morpholine rings is 1. The first kappa shape index (κ1) is 18.0. The van der Waals surface area contributed by atoms with Gasteiger partial charge in [-0.3, -0.25) is 14.5 Å². The topological polar surface area (TPSA) is 99.5 Å². The number of aliphatic carboxylic acids is 1. The Morgan fingerprint density at radius 3 is 2.75 bits per heavy atom. The molecule has 1 saturated heterocycles. The summed E-state index contributed by atoms with van der Waals surface area (Å²) in [6.45, 7) is 1.57. The Morgan fingerprint density at radius 2 is 2.08 bits per heavy atom. The number of carboxylic acid groups (broad SMARTS) is 1. The molecule has 0 spiro atoms. The van der Waals surface area contributed by atoms with Crippen LogP contribution in [-0.2, 0) is 14.3 Å². The lowest BCUT2D eigenvalue weighted by molar-refractivity contribution is -0.143. The minimum atomic E-state index is -0.900. The van der Waals surface area contributed by atoms with Crippen LogP contribution in [0, 0.1) is 0 Å². The van der Waals surface area contributed by atoms with Crippen LogP contribution >= 0.6 is 0 Å². The average molecular weight is 338 g/mol. The number of amides is 1. The van der Waals surface area contributed by atoms with Crippen molar-refractivity contribution >= 4 is 11.9 Å². The summed E-state index contributed by atoms with van der Waals surface area (Å²) in [5.41, 5.74) is 0. The molecule has 24 heavy (non-hydrogen) atoms. The average Bonchev–Trinajstić information content (AvgIpc) is 2.53. The van der Waals surface area contributed by atoms with E-state index in [1.165, 1.54) is 12.1 Å². The van der Waals surface area contributed by atoms with Gasteiger partial charge in [0.05, 0.1) is 19.3 Å². The number of likely N-dealkylation sites (N-methyl/N-ethyl adjacent to an activating group) is 1. The van der Waals surface area contributed by atoms with E-state index >= 15 is 0 Å². The normalized spacial score (nSPS) is 17.8. The van der Waals surface area contributed by atoms with Crippen molar-refractivity contribution in [3.8, 4) is 11.5 Å². The number of carbonyl (C=O) groups excluding carboxylic acids is 1. The Kier molecular flexibility index (Phi) is 6.39. The largest absolute Gasteiger partial charge is 0.508 e. The number of rotatable bonds is 7. The summed E-state index contributed by atoms with van der Waals surface area (Å²) < 4.78 is 11.0. The van der Waals surface area contributed by atoms with E-state index in [0.29, 0.717) is 32.0 Å². The number of hydrogen-bond donors (Lipinski definition) is 2. The standard InChI is InChI=1S/C16H22N2O6/c1-17(10-16(21)22)8-14-9-18(6-7-23-14)15(20)11-24-13-4-2-12(19)3-5-13/h2-5,14,19H,6-11H2,1H3,(H,21,22). The maximum absolute atomic E-state index is 12.2. The number of phenolic OH excluding ortho intramolecular Hbond substituents is 1. The first-order valence-electron chi connectivity index (χ1n) is 7.65. The first-order chi connectivity index (χ1) is 11.4. The van der Waals surface area contributed by atoms with E-state index in [0.717, 1.165) is 0 Å². The second kappa shape index (κ2) is 8.51. The van der Waals surface area contributed by atoms with Gasteiger partial charge in [0.1, 0.15) is 11.5 Å². The SMILES string of the molecule is CN(CC(=O)O)CC1CN(C(=O)COc2ccc(O)cc2)CCO1. The molecule has 2 rings (SSSR count). The maximum Gasteiger partial charge on any atom is 0.317 e. The Morgan fingerprint density at radius 1 is 1.38 bits per heavy atom. The van der Waals surface area contributed by atoms with E-state index in [2.05, 4.69) is 0 Å². The van der Waals surface area contributed by atoms with Gasteiger partial charge < -0.3 is 24.6 Å². The molecule has 1 aromatic carbocycles. The van der Waals surface area contributed by atoms with Gasteiger partial charge in [0.25, 0.3) is 5.91 Å². The monoisotopic (exact) mass is 338 g/mol. The van der Waals surface area contributed by atoms with E-state index < -0.39 is 5.97 Å². The fourth-order valence-electron chi connectivity index (χ4n) is 2.48. The molecule has 0 aromatic heterocycles. The molecule has 2 N–H and O–H groups in total. The second-order valence-corrected chi connectivity index (χ2v) is 5.71. The molecule has 1 aromatic rings. The summed E-state index contributed by atoms with van der Waals surface area (Å²) in [4.78, 5) is 26.2. The molecule has 0 bridgehead atoms. The Hall–Kier alpha value is -2.32. The third-order valence-corrected chi connectivity index (χ3v) is 3.61. The molecular weight excluding hydrogens is 316 g/mol. The van der Waals surface area contributed by atoms with Crippen LogP contribution in [0.1, 0.15) is 0 Å². The van der Waals surface area contributed by atoms with Gasteiger partial charge in [0.2, 0.25) is 0 Å². The molecule has 0 saturated carbocycles. The molecule has 1 aliphatic heterocycles. The van der Waals surface area contributed by atoms with Crippen molar-refractivity contribution in [2.45, 2.75) is 6.10 Å². The highest BCUT2D eigenvalue weighted by Crippen LogP contribution is 2.16. The Labute approximate surface area is 140 Å². The van der Waals surface area contributed by atoms with Crippen LogP contribution < -0.4 is 4.74 Å². The number of nitrogens with zero attached hydrogens (tertiary/aromatic N) is 2. The highest BCUT2D eigenvalue weighted by Gasteiger charge is 2.25. The van der Waals surface area contributed by atoms with Gasteiger partial charge in [-0.05, 0) is 31.3 Å². The fraction of sp³-hybridized carbons (Fsp3) is 0.500. The summed E-state index contributed by atoms with van der Waals surface area (Å²) >= 11 is 0. The van der Waals surface area contributed by atoms with E-state index in [9.17, 15) is 14.7 Å². The predicted octanol–water partition coefficient (Wildman–Crippen LogP) is 0.0148. The Bertz CT molecular complexity index is 562. The lowest BCUT2D eigenvalue weighted by Gasteiger charge is -2.34. The third kappa shape index (κ3) is 5.71. The number of carbonyl (C=O) groups is 2. The highest BCUT2D eigenvalue weighted by molar-refractivity contribution is 5.78.